The number of amides is 2. The molecule has 1 unspecified atom stereocenters. The molecule has 1 aliphatic carbocycles. The Bertz CT molecular complexity index is 1300. The summed E-state index contributed by atoms with van der Waals surface area (Å²) in [7, 11) is 0. The molecule has 4 rings (SSSR count). The van der Waals surface area contributed by atoms with E-state index in [1.807, 2.05) is 0 Å². The molecule has 3 N–H and O–H groups in total. The lowest BCUT2D eigenvalue weighted by atomic mass is 9.72. The van der Waals surface area contributed by atoms with Gasteiger partial charge in [-0.1, -0.05) is 44.1 Å². The fourth-order valence-electron chi connectivity index (χ4n) is 4.11. The number of aromatic nitrogens is 3. The maximum Gasteiger partial charge on any atom is 0.251 e. The molecule has 1 aliphatic rings. The van der Waals surface area contributed by atoms with Gasteiger partial charge in [-0.25, -0.2) is 4.98 Å². The predicted octanol–water partition coefficient (Wildman–Crippen LogP) is 5.20. The van der Waals surface area contributed by atoms with Crippen LogP contribution in [-0.2, 0) is 24.2 Å². The Balaban J connectivity index is 1.29. The summed E-state index contributed by atoms with van der Waals surface area (Å²) >= 11 is 8.55. The molecule has 1 atom stereocenters. The fourth-order valence-corrected chi connectivity index (χ4v) is 6.15. The van der Waals surface area contributed by atoms with Crippen molar-refractivity contribution in [2.75, 3.05) is 11.1 Å². The van der Waals surface area contributed by atoms with Crippen LogP contribution in [0.5, 0.6) is 0 Å². The monoisotopic (exact) mass is 542 g/mol. The van der Waals surface area contributed by atoms with E-state index >= 15 is 0 Å². The van der Waals surface area contributed by atoms with Crippen LogP contribution in [0, 0.1) is 22.7 Å². The molecule has 0 fully saturated rings. The summed E-state index contributed by atoms with van der Waals surface area (Å²) < 4.78 is 0. The molecule has 36 heavy (non-hydrogen) atoms. The first-order valence-corrected chi connectivity index (χ1v) is 13.7. The lowest BCUT2D eigenvalue weighted by molar-refractivity contribution is -0.113. The molecule has 2 aromatic heterocycles. The maximum atomic E-state index is 12.6. The summed E-state index contributed by atoms with van der Waals surface area (Å²) in [6.45, 7) is 6.93. The molecule has 1 aromatic carbocycles. The number of fused-ring (bicyclic) bond motifs is 1. The van der Waals surface area contributed by atoms with Crippen molar-refractivity contribution < 1.29 is 9.59 Å². The molecule has 8 nitrogen and oxygen atoms in total. The largest absolute Gasteiger partial charge is 0.345 e. The molecule has 2 heterocycles. The van der Waals surface area contributed by atoms with Crippen molar-refractivity contribution in [3.63, 3.8) is 0 Å². The molecule has 2 amide bonds. The molecule has 0 spiro atoms. The minimum absolute atomic E-state index is 0.104. The van der Waals surface area contributed by atoms with Crippen LogP contribution in [0.1, 0.15) is 59.4 Å². The molecule has 0 saturated carbocycles. The number of carbonyl (C=O) groups excluding carboxylic acids is 2. The Morgan fingerprint density at radius 2 is 2.06 bits per heavy atom. The van der Waals surface area contributed by atoms with E-state index in [1.54, 1.807) is 24.3 Å². The molecular weight excluding hydrogens is 516 g/mol. The smallest absolute Gasteiger partial charge is 0.251 e. The Hall–Kier alpha value is -2.87. The van der Waals surface area contributed by atoms with Crippen LogP contribution in [-0.4, -0.2) is 32.7 Å². The quantitative estimate of drug-likeness (QED) is 0.352. The van der Waals surface area contributed by atoms with Crippen LogP contribution in [0.15, 0.2) is 29.4 Å². The van der Waals surface area contributed by atoms with Crippen molar-refractivity contribution in [1.29, 1.82) is 5.26 Å². The molecule has 188 valence electrons. The first-order valence-electron chi connectivity index (χ1n) is 11.6. The van der Waals surface area contributed by atoms with Crippen molar-refractivity contribution in [1.82, 2.24) is 20.5 Å². The maximum absolute atomic E-state index is 12.6. The number of hydrogen-bond donors (Lipinski definition) is 3. The van der Waals surface area contributed by atoms with Crippen LogP contribution < -0.4 is 10.6 Å². The second kappa shape index (κ2) is 11.0. The SMILES string of the molecule is CC(C)(C)C1CCc2c(sc(NC(=O)CSc3n[nH]c(CNC(=O)c4ccc(Cl)cc4)n3)c2C#N)C1. The Labute approximate surface area is 223 Å². The lowest BCUT2D eigenvalue weighted by Gasteiger charge is -2.33. The zero-order valence-corrected chi connectivity index (χ0v) is 22.7. The van der Waals surface area contributed by atoms with Crippen molar-refractivity contribution in [3.8, 4) is 6.07 Å². The highest BCUT2D eigenvalue weighted by Crippen LogP contribution is 2.44. The number of thiophene rings is 1. The van der Waals surface area contributed by atoms with Crippen molar-refractivity contribution in [2.45, 2.75) is 51.7 Å². The number of benzene rings is 1. The van der Waals surface area contributed by atoms with E-state index in [-0.39, 0.29) is 29.5 Å². The van der Waals surface area contributed by atoms with E-state index in [4.69, 9.17) is 11.6 Å². The summed E-state index contributed by atoms with van der Waals surface area (Å²) in [5.41, 5.74) is 2.39. The van der Waals surface area contributed by atoms with Gasteiger partial charge in [0.2, 0.25) is 11.1 Å². The molecule has 0 aliphatic heterocycles. The minimum atomic E-state index is -0.252. The second-order valence-electron chi connectivity index (χ2n) is 9.72. The van der Waals surface area contributed by atoms with Crippen LogP contribution in [0.4, 0.5) is 5.00 Å². The average molecular weight is 543 g/mol. The van der Waals surface area contributed by atoms with E-state index in [0.29, 0.717) is 38.0 Å². The third kappa shape index (κ3) is 6.27. The number of anilines is 1. The van der Waals surface area contributed by atoms with Gasteiger partial charge in [0.1, 0.15) is 16.9 Å². The van der Waals surface area contributed by atoms with Crippen LogP contribution in [0.25, 0.3) is 0 Å². The predicted molar refractivity (Wildman–Crippen MR) is 142 cm³/mol. The van der Waals surface area contributed by atoms with E-state index in [9.17, 15) is 14.9 Å². The third-order valence-corrected chi connectivity index (χ3v) is 8.49. The highest BCUT2D eigenvalue weighted by atomic mass is 35.5. The van der Waals surface area contributed by atoms with Crippen molar-refractivity contribution in [2.24, 2.45) is 11.3 Å². The number of nitrogens with one attached hydrogen (secondary N) is 3. The number of nitriles is 1. The highest BCUT2D eigenvalue weighted by Gasteiger charge is 2.32. The number of rotatable bonds is 7. The molecule has 11 heteroatoms. The van der Waals surface area contributed by atoms with Gasteiger partial charge in [0.15, 0.2) is 0 Å². The van der Waals surface area contributed by atoms with E-state index < -0.39 is 0 Å². The fraction of sp³-hybridized carbons (Fsp3) is 0.400. The zero-order valence-electron chi connectivity index (χ0n) is 20.3. The van der Waals surface area contributed by atoms with Gasteiger partial charge in [0.25, 0.3) is 5.91 Å². The molecule has 0 radical (unpaired) electrons. The second-order valence-corrected chi connectivity index (χ2v) is 12.2. The van der Waals surface area contributed by atoms with Gasteiger partial charge in [-0.15, -0.1) is 16.4 Å². The van der Waals surface area contributed by atoms with Gasteiger partial charge in [0, 0.05) is 15.5 Å². The molecule has 3 aromatic rings. The van der Waals surface area contributed by atoms with Gasteiger partial charge in [0.05, 0.1) is 17.9 Å². The van der Waals surface area contributed by atoms with Gasteiger partial charge in [-0.3, -0.25) is 14.7 Å². The first-order chi connectivity index (χ1) is 17.1. The van der Waals surface area contributed by atoms with Crippen LogP contribution in [0.3, 0.4) is 0 Å². The number of hydrogen-bond acceptors (Lipinski definition) is 7. The minimum Gasteiger partial charge on any atom is -0.345 e. The Kier molecular flexibility index (Phi) is 8.03. The van der Waals surface area contributed by atoms with E-state index in [0.717, 1.165) is 24.8 Å². The standard InChI is InChI=1S/C25H27ClN6O2S2/c1-25(2,3)15-6-9-17-18(11-27)23(36-19(17)10-15)30-21(33)13-35-24-29-20(31-32-24)12-28-22(34)14-4-7-16(26)8-5-14/h4-5,7-8,15H,6,9-10,12-13H2,1-3H3,(H,28,34)(H,30,33)(H,29,31,32). The van der Waals surface area contributed by atoms with Crippen LogP contribution in [0.2, 0.25) is 5.02 Å². The highest BCUT2D eigenvalue weighted by molar-refractivity contribution is 7.99. The Morgan fingerprint density at radius 1 is 1.31 bits per heavy atom. The Morgan fingerprint density at radius 3 is 2.75 bits per heavy atom. The van der Waals surface area contributed by atoms with Crippen molar-refractivity contribution >= 4 is 51.5 Å². The first kappa shape index (κ1) is 26.2. The summed E-state index contributed by atoms with van der Waals surface area (Å²) in [6, 6.07) is 8.88. The van der Waals surface area contributed by atoms with Gasteiger partial charge < -0.3 is 10.6 Å². The topological polar surface area (TPSA) is 124 Å². The van der Waals surface area contributed by atoms with Gasteiger partial charge >= 0.3 is 0 Å². The third-order valence-electron chi connectivity index (χ3n) is 6.22. The number of thioether (sulfide) groups is 1. The summed E-state index contributed by atoms with van der Waals surface area (Å²) in [4.78, 5) is 30.4. The molecular formula is C25H27ClN6O2S2. The number of H-pyrrole nitrogens is 1. The van der Waals surface area contributed by atoms with E-state index in [1.165, 1.54) is 28.0 Å². The lowest BCUT2D eigenvalue weighted by Crippen LogP contribution is -2.26. The zero-order chi connectivity index (χ0) is 25.9. The number of nitrogens with zero attached hydrogens (tertiary/aromatic N) is 3. The van der Waals surface area contributed by atoms with Crippen LogP contribution >= 0.6 is 34.7 Å². The number of carbonyl (C=O) groups is 2. The van der Waals surface area contributed by atoms with E-state index in [2.05, 4.69) is 52.7 Å². The summed E-state index contributed by atoms with van der Waals surface area (Å²) in [5, 5.41) is 23.9. The number of aromatic amines is 1. The summed E-state index contributed by atoms with van der Waals surface area (Å²) in [5.74, 6) is 0.672. The van der Waals surface area contributed by atoms with Crippen molar-refractivity contribution in [3.05, 3.63) is 56.7 Å². The number of halogens is 1. The van der Waals surface area contributed by atoms with Gasteiger partial charge in [-0.05, 0) is 60.4 Å². The molecule has 0 saturated heterocycles. The normalized spacial score (nSPS) is 15.1. The van der Waals surface area contributed by atoms with Gasteiger partial charge in [-0.2, -0.15) is 5.26 Å². The molecule has 0 bridgehead atoms. The summed E-state index contributed by atoms with van der Waals surface area (Å²) in [6.07, 6.45) is 2.87. The average Bonchev–Trinajstić information content (AvgIpc) is 3.44.